The average molecular weight is 532 g/mol. The Morgan fingerprint density at radius 2 is 1.90 bits per heavy atom. The second-order valence-corrected chi connectivity index (χ2v) is 9.01. The van der Waals surface area contributed by atoms with Crippen LogP contribution in [0.15, 0.2) is 55.1 Å². The van der Waals surface area contributed by atoms with Crippen molar-refractivity contribution in [2.24, 2.45) is 5.73 Å². The maximum absolute atomic E-state index is 12.3. The lowest BCUT2D eigenvalue weighted by atomic mass is 10.2. The molecule has 1 aliphatic heterocycles. The van der Waals surface area contributed by atoms with Crippen molar-refractivity contribution in [1.29, 1.82) is 0 Å². The molecule has 2 amide bonds. The molecule has 0 saturated carbocycles. The number of hydrogen-bond acceptors (Lipinski definition) is 9. The number of aryl methyl sites for hydroxylation is 1. The van der Waals surface area contributed by atoms with Gasteiger partial charge in [0.15, 0.2) is 11.5 Å². The summed E-state index contributed by atoms with van der Waals surface area (Å²) in [6, 6.07) is 12.6. The number of carbonyl (C=O) groups excluding carboxylic acids is 2. The zero-order chi connectivity index (χ0) is 27.9. The van der Waals surface area contributed by atoms with E-state index in [2.05, 4.69) is 44.0 Å². The van der Waals surface area contributed by atoms with Crippen molar-refractivity contribution >= 4 is 34.7 Å². The van der Waals surface area contributed by atoms with Gasteiger partial charge in [0.1, 0.15) is 17.2 Å². The normalized spacial score (nSPS) is 13.5. The molecule has 1 aromatic heterocycles. The van der Waals surface area contributed by atoms with Gasteiger partial charge in [0, 0.05) is 49.7 Å². The number of methoxy groups -OCH3 is 1. The van der Waals surface area contributed by atoms with Gasteiger partial charge in [-0.3, -0.25) is 9.59 Å². The molecule has 204 valence electrons. The Labute approximate surface area is 227 Å². The third kappa shape index (κ3) is 6.63. The van der Waals surface area contributed by atoms with Gasteiger partial charge in [-0.25, -0.2) is 4.98 Å². The highest BCUT2D eigenvalue weighted by Crippen LogP contribution is 2.34. The summed E-state index contributed by atoms with van der Waals surface area (Å²) in [5.74, 6) is 0.269. The SMILES string of the molecule is C=CC(=O)Nc1cccc(Oc2nc(Nc3ccc(N4CCN(C)CC4)cc3OC)c(C(N)=O)nc2CC)c1. The van der Waals surface area contributed by atoms with Gasteiger partial charge in [-0.15, -0.1) is 0 Å². The number of carbonyl (C=O) groups is 2. The van der Waals surface area contributed by atoms with E-state index in [4.69, 9.17) is 15.2 Å². The first-order valence-electron chi connectivity index (χ1n) is 12.6. The molecule has 11 nitrogen and oxygen atoms in total. The number of benzene rings is 2. The Kier molecular flexibility index (Phi) is 8.62. The van der Waals surface area contributed by atoms with Crippen LogP contribution in [0.2, 0.25) is 0 Å². The summed E-state index contributed by atoms with van der Waals surface area (Å²) >= 11 is 0. The Morgan fingerprint density at radius 3 is 2.56 bits per heavy atom. The van der Waals surface area contributed by atoms with Gasteiger partial charge < -0.3 is 35.6 Å². The quantitative estimate of drug-likeness (QED) is 0.336. The van der Waals surface area contributed by atoms with E-state index in [1.807, 2.05) is 25.1 Å². The molecule has 0 unspecified atom stereocenters. The van der Waals surface area contributed by atoms with Crippen molar-refractivity contribution in [3.63, 3.8) is 0 Å². The van der Waals surface area contributed by atoms with Crippen molar-refractivity contribution in [2.75, 3.05) is 55.9 Å². The minimum atomic E-state index is -0.728. The fourth-order valence-corrected chi connectivity index (χ4v) is 4.14. The number of likely N-dealkylation sites (N-methyl/N-ethyl adjacent to an activating group) is 1. The molecule has 0 radical (unpaired) electrons. The zero-order valence-electron chi connectivity index (χ0n) is 22.4. The number of nitrogens with zero attached hydrogens (tertiary/aromatic N) is 4. The van der Waals surface area contributed by atoms with Crippen LogP contribution in [0.1, 0.15) is 23.1 Å². The fraction of sp³-hybridized carbons (Fsp3) is 0.286. The monoisotopic (exact) mass is 531 g/mol. The number of nitrogens with two attached hydrogens (primary N) is 1. The van der Waals surface area contributed by atoms with Gasteiger partial charge in [0.05, 0.1) is 12.8 Å². The Morgan fingerprint density at radius 1 is 1.13 bits per heavy atom. The molecule has 1 aliphatic rings. The number of hydrogen-bond donors (Lipinski definition) is 3. The van der Waals surface area contributed by atoms with Gasteiger partial charge in [0.2, 0.25) is 11.8 Å². The third-order valence-corrected chi connectivity index (χ3v) is 6.31. The maximum atomic E-state index is 12.3. The summed E-state index contributed by atoms with van der Waals surface area (Å²) in [6.45, 7) is 9.13. The van der Waals surface area contributed by atoms with Crippen molar-refractivity contribution < 1.29 is 19.1 Å². The third-order valence-electron chi connectivity index (χ3n) is 6.31. The minimum Gasteiger partial charge on any atom is -0.494 e. The molecule has 4 rings (SSSR count). The molecule has 39 heavy (non-hydrogen) atoms. The minimum absolute atomic E-state index is 0.0172. The zero-order valence-corrected chi connectivity index (χ0v) is 22.4. The van der Waals surface area contributed by atoms with Gasteiger partial charge in [-0.1, -0.05) is 19.6 Å². The Hall–Kier alpha value is -4.64. The average Bonchev–Trinajstić information content (AvgIpc) is 2.93. The first-order chi connectivity index (χ1) is 18.8. The van der Waals surface area contributed by atoms with Crippen LogP contribution in [-0.2, 0) is 11.2 Å². The van der Waals surface area contributed by atoms with Crippen LogP contribution in [0.25, 0.3) is 0 Å². The molecule has 0 aliphatic carbocycles. The van der Waals surface area contributed by atoms with Crippen molar-refractivity contribution in [2.45, 2.75) is 13.3 Å². The van der Waals surface area contributed by atoms with E-state index < -0.39 is 5.91 Å². The van der Waals surface area contributed by atoms with E-state index in [-0.39, 0.29) is 23.3 Å². The van der Waals surface area contributed by atoms with E-state index >= 15 is 0 Å². The van der Waals surface area contributed by atoms with E-state index in [1.54, 1.807) is 31.4 Å². The molecule has 2 aromatic carbocycles. The molecule has 0 spiro atoms. The van der Waals surface area contributed by atoms with Crippen LogP contribution in [0.5, 0.6) is 17.4 Å². The smallest absolute Gasteiger partial charge is 0.271 e. The topological polar surface area (TPSA) is 135 Å². The molecule has 2 heterocycles. The first kappa shape index (κ1) is 27.4. The van der Waals surface area contributed by atoms with Crippen LogP contribution in [0, 0.1) is 0 Å². The number of aromatic nitrogens is 2. The van der Waals surface area contributed by atoms with Gasteiger partial charge in [-0.05, 0) is 43.8 Å². The van der Waals surface area contributed by atoms with E-state index in [9.17, 15) is 9.59 Å². The van der Waals surface area contributed by atoms with E-state index in [0.29, 0.717) is 35.0 Å². The number of amides is 2. The van der Waals surface area contributed by atoms with Crippen LogP contribution >= 0.6 is 0 Å². The van der Waals surface area contributed by atoms with Crippen molar-refractivity contribution in [3.8, 4) is 17.4 Å². The summed E-state index contributed by atoms with van der Waals surface area (Å²) in [6.07, 6.45) is 1.62. The second kappa shape index (κ2) is 12.3. The molecular formula is C28H33N7O4. The highest BCUT2D eigenvalue weighted by atomic mass is 16.5. The highest BCUT2D eigenvalue weighted by Gasteiger charge is 2.21. The Balaban J connectivity index is 1.65. The lowest BCUT2D eigenvalue weighted by molar-refractivity contribution is -0.111. The lowest BCUT2D eigenvalue weighted by Gasteiger charge is -2.34. The van der Waals surface area contributed by atoms with Crippen LogP contribution < -0.4 is 30.7 Å². The fourth-order valence-electron chi connectivity index (χ4n) is 4.14. The first-order valence-corrected chi connectivity index (χ1v) is 12.6. The van der Waals surface area contributed by atoms with Gasteiger partial charge in [0.25, 0.3) is 5.91 Å². The summed E-state index contributed by atoms with van der Waals surface area (Å²) in [4.78, 5) is 37.6. The largest absolute Gasteiger partial charge is 0.494 e. The number of primary amides is 1. The summed E-state index contributed by atoms with van der Waals surface area (Å²) in [5, 5.41) is 5.85. The number of rotatable bonds is 10. The van der Waals surface area contributed by atoms with Crippen molar-refractivity contribution in [3.05, 3.63) is 66.5 Å². The molecule has 1 fully saturated rings. The number of nitrogens with one attached hydrogen (secondary N) is 2. The Bertz CT molecular complexity index is 1370. The standard InChI is InChI=1S/C28H33N7O4/c1-5-21-28(39-20-9-7-8-18(16-20)30-24(36)6-2)33-27(25(31-21)26(29)37)32-22-11-10-19(17-23(22)38-4)35-14-12-34(3)13-15-35/h6-11,16-17H,2,5,12-15H2,1,3-4H3,(H2,29,37)(H,30,36)(H,32,33). The van der Waals surface area contributed by atoms with Gasteiger partial charge in [-0.2, -0.15) is 4.98 Å². The van der Waals surface area contributed by atoms with Crippen molar-refractivity contribution in [1.82, 2.24) is 14.9 Å². The molecule has 0 atom stereocenters. The summed E-state index contributed by atoms with van der Waals surface area (Å²) < 4.78 is 11.7. The van der Waals surface area contributed by atoms with Crippen LogP contribution in [0.4, 0.5) is 22.9 Å². The molecule has 1 saturated heterocycles. The maximum Gasteiger partial charge on any atom is 0.271 e. The number of ether oxygens (including phenoxy) is 2. The number of anilines is 4. The van der Waals surface area contributed by atoms with E-state index in [1.165, 1.54) is 6.08 Å². The second-order valence-electron chi connectivity index (χ2n) is 9.01. The van der Waals surface area contributed by atoms with Crippen LogP contribution in [0.3, 0.4) is 0 Å². The number of piperazine rings is 1. The molecule has 0 bridgehead atoms. The predicted molar refractivity (Wildman–Crippen MR) is 151 cm³/mol. The summed E-state index contributed by atoms with van der Waals surface area (Å²) in [5.41, 5.74) is 8.26. The van der Waals surface area contributed by atoms with Gasteiger partial charge >= 0.3 is 0 Å². The molecular weight excluding hydrogens is 498 g/mol. The molecule has 11 heteroatoms. The predicted octanol–water partition coefficient (Wildman–Crippen LogP) is 3.56. The summed E-state index contributed by atoms with van der Waals surface area (Å²) in [7, 11) is 3.70. The molecule has 3 aromatic rings. The van der Waals surface area contributed by atoms with Crippen LogP contribution in [-0.4, -0.2) is 67.0 Å². The van der Waals surface area contributed by atoms with E-state index in [0.717, 1.165) is 31.9 Å². The molecule has 4 N–H and O–H groups in total. The highest BCUT2D eigenvalue weighted by molar-refractivity contribution is 5.99. The lowest BCUT2D eigenvalue weighted by Crippen LogP contribution is -2.44.